The van der Waals surface area contributed by atoms with Crippen LogP contribution in [-0.4, -0.2) is 32.1 Å². The minimum atomic E-state index is -0.576. The molecule has 2 rings (SSSR count). The van der Waals surface area contributed by atoms with E-state index in [2.05, 4.69) is 4.74 Å². The molecule has 1 aromatic carbocycles. The molecule has 0 N–H and O–H groups in total. The number of ether oxygens (including phenoxy) is 1. The van der Waals surface area contributed by atoms with E-state index in [4.69, 9.17) is 0 Å². The summed E-state index contributed by atoms with van der Waals surface area (Å²) in [6.45, 7) is 0. The summed E-state index contributed by atoms with van der Waals surface area (Å²) in [5.74, 6) is -0.576. The van der Waals surface area contributed by atoms with Gasteiger partial charge in [0.15, 0.2) is 0 Å². The lowest BCUT2D eigenvalue weighted by Gasteiger charge is -2.11. The minimum Gasteiger partial charge on any atom is -0.465 e. The first kappa shape index (κ1) is 16.7. The van der Waals surface area contributed by atoms with Gasteiger partial charge in [0.2, 0.25) is 0 Å². The molecule has 2 aromatic rings. The fraction of sp³-hybridized carbons (Fsp3) is 0.188. The number of methoxy groups -OCH3 is 1. The SMILES string of the molecule is COC(=O)c1cc([N+](=O)[O-])c(/C=C/c2ccc(N(C)C)cc2)s1. The summed E-state index contributed by atoms with van der Waals surface area (Å²) in [6, 6.07) is 9.01. The van der Waals surface area contributed by atoms with E-state index in [1.807, 2.05) is 43.3 Å². The molecule has 0 aliphatic heterocycles. The Morgan fingerprint density at radius 1 is 1.26 bits per heavy atom. The largest absolute Gasteiger partial charge is 0.465 e. The Hall–Kier alpha value is -2.67. The van der Waals surface area contributed by atoms with Crippen molar-refractivity contribution < 1.29 is 14.5 Å². The van der Waals surface area contributed by atoms with E-state index in [1.54, 1.807) is 12.2 Å². The van der Waals surface area contributed by atoms with Crippen LogP contribution in [0.1, 0.15) is 20.1 Å². The van der Waals surface area contributed by atoms with Gasteiger partial charge in [0.05, 0.1) is 12.0 Å². The van der Waals surface area contributed by atoms with Gasteiger partial charge in [0.1, 0.15) is 9.75 Å². The molecule has 0 unspecified atom stereocenters. The molecule has 7 heteroatoms. The third-order valence-corrected chi connectivity index (χ3v) is 4.23. The number of esters is 1. The number of carbonyl (C=O) groups is 1. The lowest BCUT2D eigenvalue weighted by Crippen LogP contribution is -2.07. The maximum Gasteiger partial charge on any atom is 0.348 e. The Bertz CT molecular complexity index is 748. The first-order valence-corrected chi connectivity index (χ1v) is 7.56. The van der Waals surface area contributed by atoms with Gasteiger partial charge >= 0.3 is 5.97 Å². The van der Waals surface area contributed by atoms with Gasteiger partial charge in [-0.15, -0.1) is 11.3 Å². The smallest absolute Gasteiger partial charge is 0.348 e. The van der Waals surface area contributed by atoms with Crippen LogP contribution in [0.15, 0.2) is 30.3 Å². The minimum absolute atomic E-state index is 0.100. The molecular formula is C16H16N2O4S. The molecule has 120 valence electrons. The lowest BCUT2D eigenvalue weighted by molar-refractivity contribution is -0.384. The Balaban J connectivity index is 2.29. The Morgan fingerprint density at radius 2 is 1.91 bits per heavy atom. The van der Waals surface area contributed by atoms with Crippen molar-refractivity contribution in [3.8, 4) is 0 Å². The van der Waals surface area contributed by atoms with Gasteiger partial charge in [-0.25, -0.2) is 4.79 Å². The molecule has 0 fully saturated rings. The number of hydrogen-bond acceptors (Lipinski definition) is 6. The van der Waals surface area contributed by atoms with E-state index in [-0.39, 0.29) is 10.6 Å². The zero-order chi connectivity index (χ0) is 17.0. The number of rotatable bonds is 5. The van der Waals surface area contributed by atoms with Crippen molar-refractivity contribution >= 4 is 40.8 Å². The summed E-state index contributed by atoms with van der Waals surface area (Å²) < 4.78 is 4.60. The molecule has 0 bridgehead atoms. The molecule has 0 aliphatic carbocycles. The van der Waals surface area contributed by atoms with Crippen molar-refractivity contribution in [2.45, 2.75) is 0 Å². The highest BCUT2D eigenvalue weighted by Gasteiger charge is 2.21. The summed E-state index contributed by atoms with van der Waals surface area (Å²) in [4.78, 5) is 24.7. The topological polar surface area (TPSA) is 72.7 Å². The van der Waals surface area contributed by atoms with E-state index in [0.29, 0.717) is 4.88 Å². The fourth-order valence-corrected chi connectivity index (χ4v) is 2.86. The highest BCUT2D eigenvalue weighted by molar-refractivity contribution is 7.15. The highest BCUT2D eigenvalue weighted by Crippen LogP contribution is 2.31. The van der Waals surface area contributed by atoms with Crippen LogP contribution in [0.4, 0.5) is 11.4 Å². The highest BCUT2D eigenvalue weighted by atomic mass is 32.1. The first-order valence-electron chi connectivity index (χ1n) is 6.74. The molecular weight excluding hydrogens is 316 g/mol. The molecule has 1 aromatic heterocycles. The molecule has 0 saturated carbocycles. The fourth-order valence-electron chi connectivity index (χ4n) is 1.91. The molecule has 1 heterocycles. The zero-order valence-electron chi connectivity index (χ0n) is 13.0. The van der Waals surface area contributed by atoms with Gasteiger partial charge in [-0.05, 0) is 23.8 Å². The average Bonchev–Trinajstić information content (AvgIpc) is 2.97. The van der Waals surface area contributed by atoms with Crippen molar-refractivity contribution in [2.75, 3.05) is 26.1 Å². The van der Waals surface area contributed by atoms with E-state index in [9.17, 15) is 14.9 Å². The summed E-state index contributed by atoms with van der Waals surface area (Å²) >= 11 is 1.04. The molecule has 0 amide bonds. The van der Waals surface area contributed by atoms with Gasteiger partial charge in [-0.3, -0.25) is 10.1 Å². The number of carbonyl (C=O) groups excluding carboxylic acids is 1. The molecule has 23 heavy (non-hydrogen) atoms. The maximum absolute atomic E-state index is 11.5. The van der Waals surface area contributed by atoms with E-state index in [0.717, 1.165) is 22.6 Å². The number of anilines is 1. The molecule has 0 aliphatic rings. The van der Waals surface area contributed by atoms with Crippen LogP contribution >= 0.6 is 11.3 Å². The second-order valence-corrected chi connectivity index (χ2v) is 6.01. The van der Waals surface area contributed by atoms with Crippen LogP contribution in [-0.2, 0) is 4.74 Å². The van der Waals surface area contributed by atoms with Crippen LogP contribution in [0.5, 0.6) is 0 Å². The summed E-state index contributed by atoms with van der Waals surface area (Å²) in [6.07, 6.45) is 3.42. The monoisotopic (exact) mass is 332 g/mol. The Labute approximate surface area is 137 Å². The first-order chi connectivity index (χ1) is 10.9. The maximum atomic E-state index is 11.5. The van der Waals surface area contributed by atoms with Gasteiger partial charge in [-0.2, -0.15) is 0 Å². The van der Waals surface area contributed by atoms with Crippen LogP contribution in [0.25, 0.3) is 12.2 Å². The van der Waals surface area contributed by atoms with Gasteiger partial charge in [0, 0.05) is 25.8 Å². The Kier molecular flexibility index (Phi) is 5.13. The lowest BCUT2D eigenvalue weighted by atomic mass is 10.2. The molecule has 6 nitrogen and oxygen atoms in total. The second-order valence-electron chi connectivity index (χ2n) is 4.93. The second kappa shape index (κ2) is 7.06. The van der Waals surface area contributed by atoms with Crippen molar-refractivity contribution in [1.82, 2.24) is 0 Å². The predicted molar refractivity (Wildman–Crippen MR) is 92.0 cm³/mol. The van der Waals surface area contributed by atoms with Crippen molar-refractivity contribution in [1.29, 1.82) is 0 Å². The van der Waals surface area contributed by atoms with Gasteiger partial charge < -0.3 is 9.64 Å². The molecule has 0 atom stereocenters. The zero-order valence-corrected chi connectivity index (χ0v) is 13.8. The van der Waals surface area contributed by atoms with E-state index in [1.165, 1.54) is 13.2 Å². The third-order valence-electron chi connectivity index (χ3n) is 3.16. The standard InChI is InChI=1S/C16H16N2O4S/c1-17(2)12-7-4-11(5-8-12)6-9-14-13(18(20)21)10-15(23-14)16(19)22-3/h4-10H,1-3H3/b9-6+. The van der Waals surface area contributed by atoms with Crippen LogP contribution in [0.2, 0.25) is 0 Å². The summed E-state index contributed by atoms with van der Waals surface area (Å²) in [5.41, 5.74) is 1.88. The normalized spacial score (nSPS) is 10.7. The van der Waals surface area contributed by atoms with Crippen LogP contribution in [0, 0.1) is 10.1 Å². The van der Waals surface area contributed by atoms with Gasteiger partial charge in [0.25, 0.3) is 5.69 Å². The number of hydrogen-bond donors (Lipinski definition) is 0. The number of nitrogens with zero attached hydrogens (tertiary/aromatic N) is 2. The van der Waals surface area contributed by atoms with E-state index < -0.39 is 10.9 Å². The van der Waals surface area contributed by atoms with Crippen molar-refractivity contribution in [3.05, 3.63) is 55.8 Å². The van der Waals surface area contributed by atoms with Crippen LogP contribution < -0.4 is 4.90 Å². The molecule has 0 saturated heterocycles. The third kappa shape index (κ3) is 3.95. The summed E-state index contributed by atoms with van der Waals surface area (Å²) in [7, 11) is 5.15. The van der Waals surface area contributed by atoms with Crippen molar-refractivity contribution in [3.63, 3.8) is 0 Å². The Morgan fingerprint density at radius 3 is 2.43 bits per heavy atom. The number of nitro groups is 1. The van der Waals surface area contributed by atoms with E-state index >= 15 is 0 Å². The average molecular weight is 332 g/mol. The molecule has 0 radical (unpaired) electrons. The van der Waals surface area contributed by atoms with Crippen LogP contribution in [0.3, 0.4) is 0 Å². The number of thiophene rings is 1. The van der Waals surface area contributed by atoms with Gasteiger partial charge in [-0.1, -0.05) is 18.2 Å². The quantitative estimate of drug-likeness (QED) is 0.474. The number of benzene rings is 1. The summed E-state index contributed by atoms with van der Waals surface area (Å²) in [5, 5.41) is 11.1. The molecule has 0 spiro atoms. The van der Waals surface area contributed by atoms with Crippen molar-refractivity contribution in [2.24, 2.45) is 0 Å². The predicted octanol–water partition coefficient (Wildman–Crippen LogP) is 3.68.